The molecule has 4 N–H and O–H groups in total. The molecular weight excluding hydrogens is 498 g/mol. The molecule has 218 valence electrons. The molecule has 0 unspecified atom stereocenters. The van der Waals surface area contributed by atoms with Crippen LogP contribution in [0.25, 0.3) is 0 Å². The lowest BCUT2D eigenvalue weighted by Crippen LogP contribution is -2.57. The number of ketones is 1. The summed E-state index contributed by atoms with van der Waals surface area (Å²) in [5.74, 6) is -0.990. The molecular formula is C30H47N3O6. The second-order valence-electron chi connectivity index (χ2n) is 11.2. The second kappa shape index (κ2) is 15.6. The SMILES string of the molecule is CCCCCC(=O)N[C@@H](Cc1ccc(O)cc1)C(=O)N[C@@H](CCCC)C(=O)N[C@@H](CC(C)C)C(=O)[C@@]1(C)CO1. The second-order valence-corrected chi connectivity index (χ2v) is 11.2. The van der Waals surface area contributed by atoms with Crippen molar-refractivity contribution in [2.24, 2.45) is 5.92 Å². The first kappa shape index (κ1) is 32.3. The molecule has 0 radical (unpaired) electrons. The van der Waals surface area contributed by atoms with Crippen LogP contribution in [0.15, 0.2) is 24.3 Å². The molecule has 0 bridgehead atoms. The highest BCUT2D eigenvalue weighted by Crippen LogP contribution is 2.29. The Morgan fingerprint density at radius 3 is 2.05 bits per heavy atom. The molecule has 1 fully saturated rings. The van der Waals surface area contributed by atoms with Crippen LogP contribution in [0.1, 0.15) is 91.5 Å². The number of ether oxygens (including phenoxy) is 1. The van der Waals surface area contributed by atoms with Crippen LogP contribution < -0.4 is 16.0 Å². The van der Waals surface area contributed by atoms with Crippen molar-refractivity contribution in [2.75, 3.05) is 6.61 Å². The summed E-state index contributed by atoms with van der Waals surface area (Å²) in [6.07, 6.45) is 5.54. The number of epoxide rings is 1. The Bertz CT molecular complexity index is 958. The van der Waals surface area contributed by atoms with E-state index in [9.17, 15) is 24.3 Å². The quantitative estimate of drug-likeness (QED) is 0.164. The van der Waals surface area contributed by atoms with E-state index in [0.717, 1.165) is 31.2 Å². The summed E-state index contributed by atoms with van der Waals surface area (Å²) in [4.78, 5) is 52.6. The lowest BCUT2D eigenvalue weighted by molar-refractivity contribution is -0.134. The normalized spacial score (nSPS) is 18.6. The zero-order chi connectivity index (χ0) is 29.0. The first-order valence-electron chi connectivity index (χ1n) is 14.3. The number of phenols is 1. The highest BCUT2D eigenvalue weighted by molar-refractivity contribution is 5.98. The third-order valence-corrected chi connectivity index (χ3v) is 6.95. The van der Waals surface area contributed by atoms with E-state index in [0.29, 0.717) is 32.3 Å². The number of carbonyl (C=O) groups is 4. The van der Waals surface area contributed by atoms with E-state index < -0.39 is 35.5 Å². The molecule has 1 heterocycles. The number of benzene rings is 1. The number of rotatable bonds is 18. The number of phenolic OH excluding ortho intramolecular Hbond substituents is 1. The molecule has 1 aromatic rings. The zero-order valence-corrected chi connectivity index (χ0v) is 24.2. The Morgan fingerprint density at radius 1 is 0.897 bits per heavy atom. The minimum Gasteiger partial charge on any atom is -0.508 e. The molecule has 1 aliphatic heterocycles. The van der Waals surface area contributed by atoms with Crippen molar-refractivity contribution < 1.29 is 29.0 Å². The van der Waals surface area contributed by atoms with Gasteiger partial charge >= 0.3 is 0 Å². The molecule has 9 heteroatoms. The standard InChI is InChI=1S/C30H47N3O6/c1-6-8-10-12-26(35)31-25(18-21-13-15-22(34)16-14-21)29(38)32-23(11-9-7-2)28(37)33-24(17-20(3)4)27(36)30(5)19-39-30/h13-16,20,23-25,34H,6-12,17-19H2,1-5H3,(H,31,35)(H,32,38)(H,33,37)/t23-,24-,25-,30+/m0/s1. The van der Waals surface area contributed by atoms with Crippen LogP contribution in [0.4, 0.5) is 0 Å². The maximum absolute atomic E-state index is 13.5. The van der Waals surface area contributed by atoms with Crippen molar-refractivity contribution in [3.63, 3.8) is 0 Å². The fourth-order valence-corrected chi connectivity index (χ4v) is 4.42. The number of hydrogen-bond acceptors (Lipinski definition) is 6. The van der Waals surface area contributed by atoms with E-state index in [4.69, 9.17) is 4.74 Å². The lowest BCUT2D eigenvalue weighted by atomic mass is 9.93. The number of Topliss-reactive ketones (excluding diaryl/α,β-unsaturated/α-hetero) is 1. The Kier molecular flexibility index (Phi) is 12.9. The van der Waals surface area contributed by atoms with Crippen LogP contribution in [-0.2, 0) is 30.3 Å². The predicted molar refractivity (Wildman–Crippen MR) is 150 cm³/mol. The van der Waals surface area contributed by atoms with E-state index in [2.05, 4.69) is 22.9 Å². The maximum atomic E-state index is 13.5. The molecule has 1 saturated heterocycles. The van der Waals surface area contributed by atoms with Gasteiger partial charge in [0.25, 0.3) is 0 Å². The van der Waals surface area contributed by atoms with Crippen LogP contribution >= 0.6 is 0 Å². The molecule has 0 saturated carbocycles. The molecule has 0 spiro atoms. The van der Waals surface area contributed by atoms with Crippen molar-refractivity contribution in [1.82, 2.24) is 16.0 Å². The van der Waals surface area contributed by atoms with Gasteiger partial charge in [0.1, 0.15) is 23.4 Å². The minimum atomic E-state index is -0.896. The van der Waals surface area contributed by atoms with Gasteiger partial charge in [0.2, 0.25) is 17.7 Å². The van der Waals surface area contributed by atoms with Crippen molar-refractivity contribution in [2.45, 2.75) is 116 Å². The highest BCUT2D eigenvalue weighted by atomic mass is 16.6. The van der Waals surface area contributed by atoms with Gasteiger partial charge in [-0.1, -0.05) is 65.5 Å². The molecule has 4 atom stereocenters. The van der Waals surface area contributed by atoms with Gasteiger partial charge in [0.05, 0.1) is 12.6 Å². The average Bonchev–Trinajstić information content (AvgIpc) is 3.64. The minimum absolute atomic E-state index is 0.107. The summed E-state index contributed by atoms with van der Waals surface area (Å²) in [6, 6.07) is 3.99. The zero-order valence-electron chi connectivity index (χ0n) is 24.2. The van der Waals surface area contributed by atoms with Gasteiger partial charge in [-0.15, -0.1) is 0 Å². The molecule has 3 amide bonds. The summed E-state index contributed by atoms with van der Waals surface area (Å²) >= 11 is 0. The first-order valence-corrected chi connectivity index (χ1v) is 14.3. The lowest BCUT2D eigenvalue weighted by Gasteiger charge is -2.26. The van der Waals surface area contributed by atoms with Gasteiger partial charge in [-0.25, -0.2) is 0 Å². The Hall–Kier alpha value is -2.94. The summed E-state index contributed by atoms with van der Waals surface area (Å²) in [5, 5.41) is 18.2. The topological polar surface area (TPSA) is 137 Å². The van der Waals surface area contributed by atoms with Crippen molar-refractivity contribution >= 4 is 23.5 Å². The van der Waals surface area contributed by atoms with Crippen molar-refractivity contribution in [1.29, 1.82) is 0 Å². The first-order chi connectivity index (χ1) is 18.5. The Labute approximate surface area is 232 Å². The molecule has 0 aromatic heterocycles. The van der Waals surface area contributed by atoms with Gasteiger partial charge < -0.3 is 25.8 Å². The number of hydrogen-bond donors (Lipinski definition) is 4. The number of nitrogens with one attached hydrogen (secondary N) is 3. The van der Waals surface area contributed by atoms with Crippen LogP contribution in [0.2, 0.25) is 0 Å². The van der Waals surface area contributed by atoms with E-state index in [1.165, 1.54) is 12.1 Å². The molecule has 1 aliphatic rings. The van der Waals surface area contributed by atoms with E-state index in [1.807, 2.05) is 20.8 Å². The smallest absolute Gasteiger partial charge is 0.243 e. The number of amides is 3. The van der Waals surface area contributed by atoms with Crippen LogP contribution in [0, 0.1) is 5.92 Å². The summed E-state index contributed by atoms with van der Waals surface area (Å²) in [6.45, 7) is 10.1. The Morgan fingerprint density at radius 2 is 1.49 bits per heavy atom. The summed E-state index contributed by atoms with van der Waals surface area (Å²) < 4.78 is 5.33. The van der Waals surface area contributed by atoms with Gasteiger partial charge in [-0.2, -0.15) is 0 Å². The number of carbonyl (C=O) groups excluding carboxylic acids is 4. The van der Waals surface area contributed by atoms with Crippen molar-refractivity contribution in [3.8, 4) is 5.75 Å². The van der Waals surface area contributed by atoms with Gasteiger partial charge in [-0.3, -0.25) is 19.2 Å². The average molecular weight is 546 g/mol. The molecule has 2 rings (SSSR count). The summed E-state index contributed by atoms with van der Waals surface area (Å²) in [7, 11) is 0. The Balaban J connectivity index is 2.18. The largest absolute Gasteiger partial charge is 0.508 e. The number of aromatic hydroxyl groups is 1. The van der Waals surface area contributed by atoms with Gasteiger partial charge in [-0.05, 0) is 49.8 Å². The van der Waals surface area contributed by atoms with E-state index >= 15 is 0 Å². The fourth-order valence-electron chi connectivity index (χ4n) is 4.42. The van der Waals surface area contributed by atoms with Crippen LogP contribution in [-0.4, -0.2) is 58.9 Å². The summed E-state index contributed by atoms with van der Waals surface area (Å²) in [5.41, 5.74) is -0.108. The third kappa shape index (κ3) is 11.0. The molecule has 1 aromatic carbocycles. The maximum Gasteiger partial charge on any atom is 0.243 e. The third-order valence-electron chi connectivity index (χ3n) is 6.95. The number of unbranched alkanes of at least 4 members (excludes halogenated alkanes) is 3. The fraction of sp³-hybridized carbons (Fsp3) is 0.667. The van der Waals surface area contributed by atoms with Gasteiger partial charge in [0, 0.05) is 12.8 Å². The monoisotopic (exact) mass is 545 g/mol. The molecule has 9 nitrogen and oxygen atoms in total. The van der Waals surface area contributed by atoms with E-state index in [1.54, 1.807) is 19.1 Å². The van der Waals surface area contributed by atoms with Crippen LogP contribution in [0.3, 0.4) is 0 Å². The van der Waals surface area contributed by atoms with Crippen LogP contribution in [0.5, 0.6) is 5.75 Å². The molecule has 0 aliphatic carbocycles. The van der Waals surface area contributed by atoms with Gasteiger partial charge in [0.15, 0.2) is 5.78 Å². The van der Waals surface area contributed by atoms with Crippen molar-refractivity contribution in [3.05, 3.63) is 29.8 Å². The molecule has 39 heavy (non-hydrogen) atoms. The predicted octanol–water partition coefficient (Wildman–Crippen LogP) is 3.56. The van der Waals surface area contributed by atoms with E-state index in [-0.39, 0.29) is 29.8 Å². The highest BCUT2D eigenvalue weighted by Gasteiger charge is 2.50.